The molecule has 6 nitrogen and oxygen atoms in total. The van der Waals surface area contributed by atoms with Crippen LogP contribution in [0.5, 0.6) is 5.75 Å². The van der Waals surface area contributed by atoms with Crippen molar-refractivity contribution in [1.82, 2.24) is 5.32 Å². The summed E-state index contributed by atoms with van der Waals surface area (Å²) in [5.41, 5.74) is -0.0419. The first-order chi connectivity index (χ1) is 9.91. The zero-order valence-electron chi connectivity index (χ0n) is 12.1. The van der Waals surface area contributed by atoms with Gasteiger partial charge < -0.3 is 10.4 Å². The summed E-state index contributed by atoms with van der Waals surface area (Å²) in [7, 11) is 0. The highest BCUT2D eigenvalue weighted by Crippen LogP contribution is 2.35. The van der Waals surface area contributed by atoms with Crippen molar-refractivity contribution < 1.29 is 14.8 Å². The van der Waals surface area contributed by atoms with Crippen molar-refractivity contribution in [2.45, 2.75) is 39.0 Å². The van der Waals surface area contributed by atoms with Gasteiger partial charge in [0.1, 0.15) is 0 Å². The zero-order chi connectivity index (χ0) is 15.5. The van der Waals surface area contributed by atoms with Crippen LogP contribution in [0.15, 0.2) is 18.2 Å². The normalized spacial score (nSPS) is 17.2. The van der Waals surface area contributed by atoms with Crippen molar-refractivity contribution in [3.05, 3.63) is 33.9 Å². The lowest BCUT2D eigenvalue weighted by Crippen LogP contribution is -2.37. The summed E-state index contributed by atoms with van der Waals surface area (Å²) in [5.74, 6) is -0.802. The molecule has 0 saturated heterocycles. The molecule has 0 bridgehead atoms. The molecule has 6 heteroatoms. The summed E-state index contributed by atoms with van der Waals surface area (Å²) in [6, 6.07) is 3.64. The Morgan fingerprint density at radius 2 is 2.05 bits per heavy atom. The molecular weight excluding hydrogens is 272 g/mol. The van der Waals surface area contributed by atoms with Crippen molar-refractivity contribution in [2.24, 2.45) is 5.41 Å². The van der Waals surface area contributed by atoms with Gasteiger partial charge >= 0.3 is 5.69 Å². The maximum atomic E-state index is 12.1. The zero-order valence-corrected chi connectivity index (χ0v) is 12.1. The predicted molar refractivity (Wildman–Crippen MR) is 78.3 cm³/mol. The van der Waals surface area contributed by atoms with Gasteiger partial charge in [-0.05, 0) is 30.4 Å². The standard InChI is InChI=1S/C15H20N2O4/c1-15(7-3-2-4-8-15)10-16-14(19)11-5-6-12(17(20)21)13(18)9-11/h5-6,9,18H,2-4,7-8,10H2,1H3,(H,16,19). The average Bonchev–Trinajstić information content (AvgIpc) is 2.45. The Kier molecular flexibility index (Phi) is 4.45. The molecule has 2 rings (SSSR count). The number of carbonyl (C=O) groups is 1. The number of benzene rings is 1. The van der Waals surface area contributed by atoms with Crippen LogP contribution in [-0.4, -0.2) is 22.5 Å². The number of amides is 1. The van der Waals surface area contributed by atoms with Crippen LogP contribution in [-0.2, 0) is 0 Å². The van der Waals surface area contributed by atoms with E-state index in [0.717, 1.165) is 25.0 Å². The number of rotatable bonds is 4. The van der Waals surface area contributed by atoms with Gasteiger partial charge in [-0.1, -0.05) is 26.2 Å². The van der Waals surface area contributed by atoms with Crippen LogP contribution in [0.25, 0.3) is 0 Å². The van der Waals surface area contributed by atoms with Crippen LogP contribution >= 0.6 is 0 Å². The van der Waals surface area contributed by atoms with E-state index in [2.05, 4.69) is 12.2 Å². The van der Waals surface area contributed by atoms with E-state index < -0.39 is 16.4 Å². The minimum Gasteiger partial charge on any atom is -0.502 e. The maximum Gasteiger partial charge on any atom is 0.310 e. The lowest BCUT2D eigenvalue weighted by Gasteiger charge is -2.33. The van der Waals surface area contributed by atoms with E-state index in [-0.39, 0.29) is 16.9 Å². The fourth-order valence-electron chi connectivity index (χ4n) is 2.80. The number of nitrogens with one attached hydrogen (secondary N) is 1. The summed E-state index contributed by atoms with van der Waals surface area (Å²) in [6.45, 7) is 2.75. The van der Waals surface area contributed by atoms with Crippen molar-refractivity contribution in [3.8, 4) is 5.75 Å². The lowest BCUT2D eigenvalue weighted by atomic mass is 9.76. The summed E-state index contributed by atoms with van der Waals surface area (Å²) < 4.78 is 0. The van der Waals surface area contributed by atoms with Crippen molar-refractivity contribution in [2.75, 3.05) is 6.54 Å². The second-order valence-electron chi connectivity index (χ2n) is 6.01. The number of nitro groups is 1. The van der Waals surface area contributed by atoms with Crippen LogP contribution in [0.4, 0.5) is 5.69 Å². The topological polar surface area (TPSA) is 92.5 Å². The van der Waals surface area contributed by atoms with Crippen LogP contribution in [0.2, 0.25) is 0 Å². The minimum absolute atomic E-state index is 0.122. The van der Waals surface area contributed by atoms with Crippen molar-refractivity contribution in [1.29, 1.82) is 0 Å². The molecule has 21 heavy (non-hydrogen) atoms. The van der Waals surface area contributed by atoms with Gasteiger partial charge in [-0.2, -0.15) is 0 Å². The Balaban J connectivity index is 2.00. The molecule has 0 heterocycles. The molecule has 0 aromatic heterocycles. The first kappa shape index (κ1) is 15.3. The molecule has 1 aliphatic carbocycles. The average molecular weight is 292 g/mol. The number of phenols is 1. The second-order valence-corrected chi connectivity index (χ2v) is 6.01. The number of nitrogens with zero attached hydrogens (tertiary/aromatic N) is 1. The first-order valence-electron chi connectivity index (χ1n) is 7.17. The highest BCUT2D eigenvalue weighted by Gasteiger charge is 2.27. The van der Waals surface area contributed by atoms with Gasteiger partial charge in [-0.3, -0.25) is 14.9 Å². The maximum absolute atomic E-state index is 12.1. The summed E-state index contributed by atoms with van der Waals surface area (Å²) >= 11 is 0. The molecule has 0 spiro atoms. The number of hydrogen-bond donors (Lipinski definition) is 2. The van der Waals surface area contributed by atoms with E-state index in [1.165, 1.54) is 25.3 Å². The molecule has 1 saturated carbocycles. The second kappa shape index (κ2) is 6.11. The highest BCUT2D eigenvalue weighted by molar-refractivity contribution is 5.95. The molecule has 1 aromatic rings. The van der Waals surface area contributed by atoms with Crippen LogP contribution in [0.3, 0.4) is 0 Å². The largest absolute Gasteiger partial charge is 0.502 e. The van der Waals surface area contributed by atoms with Crippen LogP contribution in [0, 0.1) is 15.5 Å². The Bertz CT molecular complexity index is 551. The molecular formula is C15H20N2O4. The third-order valence-corrected chi connectivity index (χ3v) is 4.17. The molecule has 1 aromatic carbocycles. The lowest BCUT2D eigenvalue weighted by molar-refractivity contribution is -0.385. The minimum atomic E-state index is -0.680. The Morgan fingerprint density at radius 3 is 2.62 bits per heavy atom. The van der Waals surface area contributed by atoms with Gasteiger partial charge in [0.05, 0.1) is 4.92 Å². The fraction of sp³-hybridized carbons (Fsp3) is 0.533. The number of nitro benzene ring substituents is 1. The SMILES string of the molecule is CC1(CNC(=O)c2ccc([N+](=O)[O-])c(O)c2)CCCCC1. The third kappa shape index (κ3) is 3.71. The monoisotopic (exact) mass is 292 g/mol. The summed E-state index contributed by atoms with van der Waals surface area (Å²) in [6.07, 6.45) is 5.81. The Labute approximate surface area is 123 Å². The van der Waals surface area contributed by atoms with Crippen LogP contribution < -0.4 is 5.32 Å². The molecule has 114 valence electrons. The smallest absolute Gasteiger partial charge is 0.310 e. The molecule has 0 radical (unpaired) electrons. The molecule has 0 aliphatic heterocycles. The quantitative estimate of drug-likeness (QED) is 0.659. The van der Waals surface area contributed by atoms with Gasteiger partial charge in [0.15, 0.2) is 5.75 Å². The number of carbonyl (C=O) groups excluding carboxylic acids is 1. The number of aromatic hydroxyl groups is 1. The van der Waals surface area contributed by atoms with E-state index in [9.17, 15) is 20.0 Å². The number of phenolic OH excluding ortho intramolecular Hbond substituents is 1. The van der Waals surface area contributed by atoms with E-state index in [4.69, 9.17) is 0 Å². The van der Waals surface area contributed by atoms with Gasteiger partial charge in [-0.15, -0.1) is 0 Å². The van der Waals surface area contributed by atoms with Crippen LogP contribution in [0.1, 0.15) is 49.4 Å². The van der Waals surface area contributed by atoms with Gasteiger partial charge in [0, 0.05) is 18.2 Å². The van der Waals surface area contributed by atoms with Gasteiger partial charge in [0.2, 0.25) is 0 Å². The Hall–Kier alpha value is -2.11. The van der Waals surface area contributed by atoms with E-state index in [1.54, 1.807) is 0 Å². The summed E-state index contributed by atoms with van der Waals surface area (Å²) in [4.78, 5) is 22.0. The molecule has 1 fully saturated rings. The van der Waals surface area contributed by atoms with E-state index in [1.807, 2.05) is 0 Å². The van der Waals surface area contributed by atoms with Gasteiger partial charge in [-0.25, -0.2) is 0 Å². The van der Waals surface area contributed by atoms with Gasteiger partial charge in [0.25, 0.3) is 5.91 Å². The van der Waals surface area contributed by atoms with E-state index in [0.29, 0.717) is 6.54 Å². The van der Waals surface area contributed by atoms with Crippen molar-refractivity contribution in [3.63, 3.8) is 0 Å². The molecule has 1 aliphatic rings. The third-order valence-electron chi connectivity index (χ3n) is 4.17. The Morgan fingerprint density at radius 1 is 1.38 bits per heavy atom. The predicted octanol–water partition coefficient (Wildman–Crippen LogP) is 3.00. The molecule has 0 atom stereocenters. The molecule has 1 amide bonds. The molecule has 2 N–H and O–H groups in total. The van der Waals surface area contributed by atoms with Crippen molar-refractivity contribution >= 4 is 11.6 Å². The molecule has 0 unspecified atom stereocenters. The van der Waals surface area contributed by atoms with E-state index >= 15 is 0 Å². The fourth-order valence-corrected chi connectivity index (χ4v) is 2.80. The first-order valence-corrected chi connectivity index (χ1v) is 7.17. The highest BCUT2D eigenvalue weighted by atomic mass is 16.6. The summed E-state index contributed by atoms with van der Waals surface area (Å²) in [5, 5.41) is 23.0. The number of hydrogen-bond acceptors (Lipinski definition) is 4.